The van der Waals surface area contributed by atoms with Crippen molar-refractivity contribution in [1.29, 1.82) is 0 Å². The smallest absolute Gasteiger partial charge is 0.241 e. The quantitative estimate of drug-likeness (QED) is 0.381. The van der Waals surface area contributed by atoms with Crippen molar-refractivity contribution < 1.29 is 9.59 Å². The zero-order valence-corrected chi connectivity index (χ0v) is 12.0. The van der Waals surface area contributed by atoms with Crippen LogP contribution in [0.15, 0.2) is 0 Å². The van der Waals surface area contributed by atoms with Crippen molar-refractivity contribution in [1.82, 2.24) is 4.90 Å². The van der Waals surface area contributed by atoms with E-state index < -0.39 is 0 Å². The van der Waals surface area contributed by atoms with E-state index in [1.807, 2.05) is 0 Å². The van der Waals surface area contributed by atoms with E-state index in [4.69, 9.17) is 0 Å². The predicted molar refractivity (Wildman–Crippen MR) is 76.1 cm³/mol. The second kappa shape index (κ2) is 9.61. The van der Waals surface area contributed by atoms with Gasteiger partial charge in [0, 0.05) is 25.3 Å². The Bertz CT molecular complexity index is 335. The first-order valence-corrected chi connectivity index (χ1v) is 7.60. The van der Waals surface area contributed by atoms with Gasteiger partial charge >= 0.3 is 0 Å². The van der Waals surface area contributed by atoms with Crippen molar-refractivity contribution >= 4 is 11.8 Å². The molecule has 0 aromatic carbocycles. The number of imide groups is 1. The molecule has 1 saturated heterocycles. The molecule has 1 fully saturated rings. The Hall–Kier alpha value is -1.30. The zero-order chi connectivity index (χ0) is 13.9. The average molecular weight is 263 g/mol. The Kier molecular flexibility index (Phi) is 7.97. The summed E-state index contributed by atoms with van der Waals surface area (Å²) in [6.45, 7) is 2.23. The number of hydrogen-bond acceptors (Lipinski definition) is 2. The number of hydrogen-bond donors (Lipinski definition) is 0. The van der Waals surface area contributed by atoms with Gasteiger partial charge in [0.2, 0.25) is 11.8 Å². The molecule has 0 aromatic rings. The molecule has 1 rings (SSSR count). The van der Waals surface area contributed by atoms with Crippen LogP contribution < -0.4 is 0 Å². The molecule has 106 valence electrons. The Morgan fingerprint density at radius 3 is 2.00 bits per heavy atom. The highest BCUT2D eigenvalue weighted by molar-refractivity contribution is 6.03. The fraction of sp³-hybridized carbons (Fsp3) is 0.750. The van der Waals surface area contributed by atoms with Crippen molar-refractivity contribution in [2.45, 2.75) is 77.6 Å². The minimum atomic E-state index is -0.145. The molecule has 3 nitrogen and oxygen atoms in total. The summed E-state index contributed by atoms with van der Waals surface area (Å²) >= 11 is 0. The monoisotopic (exact) mass is 263 g/mol. The number of nitrogens with zero attached hydrogens (tertiary/aromatic N) is 1. The second-order valence-electron chi connectivity index (χ2n) is 5.14. The normalized spacial score (nSPS) is 14.7. The molecule has 0 unspecified atom stereocenters. The average Bonchev–Trinajstić information content (AvgIpc) is 2.72. The van der Waals surface area contributed by atoms with Crippen LogP contribution in [0.4, 0.5) is 0 Å². The maximum atomic E-state index is 11.3. The third kappa shape index (κ3) is 6.42. The van der Waals surface area contributed by atoms with Crippen LogP contribution in [0.3, 0.4) is 0 Å². The number of rotatable bonds is 8. The van der Waals surface area contributed by atoms with Gasteiger partial charge in [-0.2, -0.15) is 0 Å². The third-order valence-electron chi connectivity index (χ3n) is 3.40. The van der Waals surface area contributed by atoms with E-state index in [1.54, 1.807) is 0 Å². The summed E-state index contributed by atoms with van der Waals surface area (Å²) in [5.41, 5.74) is 0. The van der Waals surface area contributed by atoms with Gasteiger partial charge in [-0.05, 0) is 6.42 Å². The number of likely N-dealkylation sites (tertiary alicyclic amines) is 1. The van der Waals surface area contributed by atoms with Crippen molar-refractivity contribution in [3.63, 3.8) is 0 Å². The summed E-state index contributed by atoms with van der Waals surface area (Å²) in [6.07, 6.45) is 11.6. The van der Waals surface area contributed by atoms with Crippen LogP contribution in [0.2, 0.25) is 0 Å². The molecule has 3 heteroatoms. The van der Waals surface area contributed by atoms with Gasteiger partial charge in [-0.1, -0.05) is 57.8 Å². The molecule has 0 N–H and O–H groups in total. The molecule has 1 heterocycles. The summed E-state index contributed by atoms with van der Waals surface area (Å²) in [5, 5.41) is 0. The van der Waals surface area contributed by atoms with Crippen molar-refractivity contribution in [3.8, 4) is 12.0 Å². The first kappa shape index (κ1) is 15.8. The Labute approximate surface area is 116 Å². The molecule has 2 amide bonds. The van der Waals surface area contributed by atoms with Gasteiger partial charge in [-0.25, -0.2) is 4.90 Å². The van der Waals surface area contributed by atoms with Crippen molar-refractivity contribution in [2.75, 3.05) is 0 Å². The van der Waals surface area contributed by atoms with Crippen molar-refractivity contribution in [2.24, 2.45) is 0 Å². The van der Waals surface area contributed by atoms with E-state index in [0.29, 0.717) is 12.8 Å². The minimum absolute atomic E-state index is 0.145. The lowest BCUT2D eigenvalue weighted by Gasteiger charge is -2.02. The van der Waals surface area contributed by atoms with Crippen LogP contribution in [0, 0.1) is 12.0 Å². The number of amides is 2. The molecule has 0 aromatic heterocycles. The second-order valence-corrected chi connectivity index (χ2v) is 5.14. The van der Waals surface area contributed by atoms with Crippen molar-refractivity contribution in [3.05, 3.63) is 0 Å². The number of carbonyl (C=O) groups excluding carboxylic acids is 2. The standard InChI is InChI=1S/C16H25NO2/c1-2-3-4-5-6-7-8-9-10-11-14-17-15(18)12-13-16(17)19/h2-10,12-13H2,1H3. The molecule has 0 saturated carbocycles. The SMILES string of the molecule is CCCCCCCCCCC#CN1C(=O)CCC1=O. The molecule has 0 spiro atoms. The maximum Gasteiger partial charge on any atom is 0.241 e. The van der Waals surface area contributed by atoms with Crippen LogP contribution in [0.5, 0.6) is 0 Å². The van der Waals surface area contributed by atoms with E-state index in [-0.39, 0.29) is 11.8 Å². The molecule has 0 aliphatic carbocycles. The minimum Gasteiger partial charge on any atom is -0.273 e. The molecule has 1 aliphatic heterocycles. The Morgan fingerprint density at radius 2 is 1.42 bits per heavy atom. The summed E-state index contributed by atoms with van der Waals surface area (Å²) in [4.78, 5) is 23.6. The Balaban J connectivity index is 1.99. The highest BCUT2D eigenvalue weighted by atomic mass is 16.2. The molecule has 0 radical (unpaired) electrons. The third-order valence-corrected chi connectivity index (χ3v) is 3.40. The summed E-state index contributed by atoms with van der Waals surface area (Å²) in [7, 11) is 0. The lowest BCUT2D eigenvalue weighted by atomic mass is 10.1. The lowest BCUT2D eigenvalue weighted by molar-refractivity contribution is -0.134. The van der Waals surface area contributed by atoms with Gasteiger partial charge in [0.15, 0.2) is 0 Å². The van der Waals surface area contributed by atoms with E-state index >= 15 is 0 Å². The van der Waals surface area contributed by atoms with Gasteiger partial charge < -0.3 is 0 Å². The van der Waals surface area contributed by atoms with Crippen LogP contribution >= 0.6 is 0 Å². The number of unbranched alkanes of at least 4 members (excludes halogenated alkanes) is 8. The largest absolute Gasteiger partial charge is 0.273 e. The molecule has 1 aliphatic rings. The van der Waals surface area contributed by atoms with Crippen LogP contribution in [-0.2, 0) is 9.59 Å². The van der Waals surface area contributed by atoms with Gasteiger partial charge in [0.05, 0.1) is 0 Å². The van der Waals surface area contributed by atoms with Gasteiger partial charge in [-0.3, -0.25) is 9.59 Å². The van der Waals surface area contributed by atoms with Gasteiger partial charge in [0.25, 0.3) is 0 Å². The summed E-state index contributed by atoms with van der Waals surface area (Å²) < 4.78 is 0. The topological polar surface area (TPSA) is 37.4 Å². The first-order valence-electron chi connectivity index (χ1n) is 7.60. The zero-order valence-electron chi connectivity index (χ0n) is 12.0. The molecule has 0 bridgehead atoms. The van der Waals surface area contributed by atoms with Gasteiger partial charge in [-0.15, -0.1) is 0 Å². The fourth-order valence-corrected chi connectivity index (χ4v) is 2.18. The summed E-state index contributed by atoms with van der Waals surface area (Å²) in [5.74, 6) is 2.64. The molecule has 19 heavy (non-hydrogen) atoms. The predicted octanol–water partition coefficient (Wildman–Crippen LogP) is 3.63. The fourth-order valence-electron chi connectivity index (χ4n) is 2.18. The Morgan fingerprint density at radius 1 is 0.895 bits per heavy atom. The van der Waals surface area contributed by atoms with Gasteiger partial charge in [0.1, 0.15) is 0 Å². The van der Waals surface area contributed by atoms with E-state index in [1.165, 1.54) is 44.9 Å². The van der Waals surface area contributed by atoms with E-state index in [0.717, 1.165) is 17.7 Å². The van der Waals surface area contributed by atoms with E-state index in [2.05, 4.69) is 18.9 Å². The summed E-state index contributed by atoms with van der Waals surface area (Å²) in [6, 6.07) is 2.68. The van der Waals surface area contributed by atoms with Crippen LogP contribution in [0.25, 0.3) is 0 Å². The number of carbonyl (C=O) groups is 2. The van der Waals surface area contributed by atoms with Crippen LogP contribution in [-0.4, -0.2) is 16.7 Å². The molecule has 0 atom stereocenters. The maximum absolute atomic E-state index is 11.3. The lowest BCUT2D eigenvalue weighted by Crippen LogP contribution is -2.23. The first-order chi connectivity index (χ1) is 9.25. The molecular formula is C16H25NO2. The van der Waals surface area contributed by atoms with E-state index in [9.17, 15) is 9.59 Å². The highest BCUT2D eigenvalue weighted by Crippen LogP contribution is 2.11. The highest BCUT2D eigenvalue weighted by Gasteiger charge is 2.27. The van der Waals surface area contributed by atoms with Crippen LogP contribution in [0.1, 0.15) is 77.6 Å². The molecular weight excluding hydrogens is 238 g/mol.